The molecule has 82 valence electrons. The Morgan fingerprint density at radius 1 is 1.64 bits per heavy atom. The zero-order valence-electron chi connectivity index (χ0n) is 8.19. The summed E-state index contributed by atoms with van der Waals surface area (Å²) in [5.74, 6) is 0.259. The molecule has 0 unspecified atom stereocenters. The summed E-state index contributed by atoms with van der Waals surface area (Å²) in [5, 5.41) is 2.63. The molecule has 0 aliphatic carbocycles. The van der Waals surface area contributed by atoms with Crippen molar-refractivity contribution in [2.24, 2.45) is 11.7 Å². The molecule has 0 aromatic carbocycles. The van der Waals surface area contributed by atoms with E-state index >= 15 is 0 Å². The van der Waals surface area contributed by atoms with Crippen LogP contribution in [0.15, 0.2) is 0 Å². The van der Waals surface area contributed by atoms with Crippen molar-refractivity contribution in [2.45, 2.75) is 19.4 Å². The van der Waals surface area contributed by atoms with Gasteiger partial charge in [0.15, 0.2) is 9.84 Å². The number of amides is 1. The molecule has 0 aromatic heterocycles. The second-order valence-corrected chi connectivity index (χ2v) is 6.03. The zero-order valence-corrected chi connectivity index (χ0v) is 9.01. The monoisotopic (exact) mass is 220 g/mol. The van der Waals surface area contributed by atoms with Crippen LogP contribution in [0.1, 0.15) is 13.3 Å². The van der Waals surface area contributed by atoms with E-state index in [-0.39, 0.29) is 23.3 Å². The second kappa shape index (κ2) is 4.27. The van der Waals surface area contributed by atoms with Gasteiger partial charge in [-0.05, 0) is 19.3 Å². The minimum Gasteiger partial charge on any atom is -0.354 e. The summed E-state index contributed by atoms with van der Waals surface area (Å²) in [4.78, 5) is 11.1. The molecule has 1 saturated heterocycles. The highest BCUT2D eigenvalue weighted by Crippen LogP contribution is 2.17. The van der Waals surface area contributed by atoms with Gasteiger partial charge in [0.2, 0.25) is 5.91 Å². The standard InChI is InChI=1S/C8H16N2O3S/c1-6(9)8(11)10-4-7-2-3-14(12,13)5-7/h6-7H,2-5,9H2,1H3,(H,10,11)/t6-,7-/m1/s1. The van der Waals surface area contributed by atoms with Gasteiger partial charge in [-0.15, -0.1) is 0 Å². The maximum absolute atomic E-state index is 11.1. The van der Waals surface area contributed by atoms with E-state index in [0.717, 1.165) is 0 Å². The number of hydrogen-bond acceptors (Lipinski definition) is 4. The third-order valence-electron chi connectivity index (χ3n) is 2.31. The van der Waals surface area contributed by atoms with E-state index in [1.165, 1.54) is 0 Å². The van der Waals surface area contributed by atoms with E-state index in [1.54, 1.807) is 6.92 Å². The van der Waals surface area contributed by atoms with Crippen molar-refractivity contribution in [3.8, 4) is 0 Å². The lowest BCUT2D eigenvalue weighted by molar-refractivity contribution is -0.122. The van der Waals surface area contributed by atoms with Crippen molar-refractivity contribution >= 4 is 15.7 Å². The van der Waals surface area contributed by atoms with E-state index in [4.69, 9.17) is 5.73 Å². The highest BCUT2D eigenvalue weighted by Gasteiger charge is 2.27. The van der Waals surface area contributed by atoms with E-state index in [9.17, 15) is 13.2 Å². The van der Waals surface area contributed by atoms with Crippen LogP contribution >= 0.6 is 0 Å². The molecular formula is C8H16N2O3S. The number of rotatable bonds is 3. The highest BCUT2D eigenvalue weighted by molar-refractivity contribution is 7.91. The van der Waals surface area contributed by atoms with Gasteiger partial charge in [-0.2, -0.15) is 0 Å². The van der Waals surface area contributed by atoms with E-state index < -0.39 is 15.9 Å². The Balaban J connectivity index is 2.31. The van der Waals surface area contributed by atoms with Gasteiger partial charge in [0.05, 0.1) is 17.5 Å². The first-order valence-corrected chi connectivity index (χ1v) is 6.46. The molecular weight excluding hydrogens is 204 g/mol. The zero-order chi connectivity index (χ0) is 10.8. The van der Waals surface area contributed by atoms with Crippen molar-refractivity contribution in [1.29, 1.82) is 0 Å². The van der Waals surface area contributed by atoms with Crippen molar-refractivity contribution in [2.75, 3.05) is 18.1 Å². The summed E-state index contributed by atoms with van der Waals surface area (Å²) in [6.07, 6.45) is 0.640. The van der Waals surface area contributed by atoms with Crippen molar-refractivity contribution in [3.05, 3.63) is 0 Å². The predicted molar refractivity (Wildman–Crippen MR) is 53.4 cm³/mol. The molecule has 5 nitrogen and oxygen atoms in total. The van der Waals surface area contributed by atoms with Gasteiger partial charge in [0.1, 0.15) is 0 Å². The average molecular weight is 220 g/mol. The molecule has 6 heteroatoms. The van der Waals surface area contributed by atoms with Crippen LogP contribution in [0.4, 0.5) is 0 Å². The van der Waals surface area contributed by atoms with Crippen molar-refractivity contribution < 1.29 is 13.2 Å². The van der Waals surface area contributed by atoms with Gasteiger partial charge >= 0.3 is 0 Å². The molecule has 0 aromatic rings. The van der Waals surface area contributed by atoms with Crippen LogP contribution in [0.5, 0.6) is 0 Å². The van der Waals surface area contributed by atoms with Crippen LogP contribution in [-0.2, 0) is 14.6 Å². The molecule has 1 aliphatic rings. The minimum absolute atomic E-state index is 0.0581. The highest BCUT2D eigenvalue weighted by atomic mass is 32.2. The first-order valence-electron chi connectivity index (χ1n) is 4.64. The Labute approximate surface area is 84.0 Å². The van der Waals surface area contributed by atoms with Crippen LogP contribution in [0.3, 0.4) is 0 Å². The number of nitrogens with one attached hydrogen (secondary N) is 1. The van der Waals surface area contributed by atoms with Gasteiger partial charge < -0.3 is 11.1 Å². The summed E-state index contributed by atoms with van der Waals surface area (Å²) in [6, 6.07) is -0.534. The van der Waals surface area contributed by atoms with Crippen LogP contribution in [0.25, 0.3) is 0 Å². The second-order valence-electron chi connectivity index (χ2n) is 3.80. The summed E-state index contributed by atoms with van der Waals surface area (Å²) in [6.45, 7) is 2.01. The topological polar surface area (TPSA) is 89.3 Å². The number of nitrogens with two attached hydrogens (primary N) is 1. The fourth-order valence-corrected chi connectivity index (χ4v) is 3.30. The molecule has 0 radical (unpaired) electrons. The fraction of sp³-hybridized carbons (Fsp3) is 0.875. The van der Waals surface area contributed by atoms with Gasteiger partial charge in [0.25, 0.3) is 0 Å². The lowest BCUT2D eigenvalue weighted by Crippen LogP contribution is -2.40. The summed E-state index contributed by atoms with van der Waals surface area (Å²) in [7, 11) is -2.85. The molecule has 1 rings (SSSR count). The van der Waals surface area contributed by atoms with Crippen molar-refractivity contribution in [3.63, 3.8) is 0 Å². The van der Waals surface area contributed by atoms with Crippen LogP contribution < -0.4 is 11.1 Å². The van der Waals surface area contributed by atoms with Crippen LogP contribution in [-0.4, -0.2) is 38.4 Å². The summed E-state index contributed by atoms with van der Waals surface area (Å²) in [5.41, 5.74) is 5.34. The van der Waals surface area contributed by atoms with E-state index in [2.05, 4.69) is 5.32 Å². The molecule has 0 bridgehead atoms. The third-order valence-corrected chi connectivity index (χ3v) is 4.14. The molecule has 0 saturated carbocycles. The lowest BCUT2D eigenvalue weighted by atomic mass is 10.1. The average Bonchev–Trinajstić information content (AvgIpc) is 2.41. The minimum atomic E-state index is -2.85. The van der Waals surface area contributed by atoms with E-state index in [0.29, 0.717) is 13.0 Å². The molecule has 1 amide bonds. The number of hydrogen-bond donors (Lipinski definition) is 2. The van der Waals surface area contributed by atoms with Gasteiger partial charge in [-0.3, -0.25) is 4.79 Å². The maximum Gasteiger partial charge on any atom is 0.236 e. The number of carbonyl (C=O) groups is 1. The maximum atomic E-state index is 11.1. The molecule has 1 aliphatic heterocycles. The number of sulfone groups is 1. The normalized spacial score (nSPS) is 27.1. The molecule has 1 fully saturated rings. The largest absolute Gasteiger partial charge is 0.354 e. The van der Waals surface area contributed by atoms with E-state index in [1.807, 2.05) is 0 Å². The predicted octanol–water partition coefficient (Wildman–Crippen LogP) is -1.12. The number of carbonyl (C=O) groups excluding carboxylic acids is 1. The van der Waals surface area contributed by atoms with Crippen molar-refractivity contribution in [1.82, 2.24) is 5.32 Å². The smallest absolute Gasteiger partial charge is 0.236 e. The van der Waals surface area contributed by atoms with Crippen LogP contribution in [0, 0.1) is 5.92 Å². The van der Waals surface area contributed by atoms with Gasteiger partial charge in [0, 0.05) is 6.54 Å². The lowest BCUT2D eigenvalue weighted by Gasteiger charge is -2.11. The Hall–Kier alpha value is -0.620. The molecule has 3 N–H and O–H groups in total. The first-order chi connectivity index (χ1) is 6.41. The Kier molecular flexibility index (Phi) is 3.49. The molecule has 1 heterocycles. The fourth-order valence-electron chi connectivity index (χ4n) is 1.44. The summed E-state index contributed by atoms with van der Waals surface area (Å²) >= 11 is 0. The summed E-state index contributed by atoms with van der Waals surface area (Å²) < 4.78 is 22.2. The quantitative estimate of drug-likeness (QED) is 0.631. The SMILES string of the molecule is C[C@@H](N)C(=O)NC[C@H]1CCS(=O)(=O)C1. The molecule has 2 atom stereocenters. The first kappa shape index (κ1) is 11.5. The molecule has 0 spiro atoms. The van der Waals surface area contributed by atoms with Crippen LogP contribution in [0.2, 0.25) is 0 Å². The third kappa shape index (κ3) is 3.26. The Bertz CT molecular complexity index is 311. The Morgan fingerprint density at radius 3 is 2.71 bits per heavy atom. The van der Waals surface area contributed by atoms with Gasteiger partial charge in [-0.1, -0.05) is 0 Å². The Morgan fingerprint density at radius 2 is 2.29 bits per heavy atom. The van der Waals surface area contributed by atoms with Gasteiger partial charge in [-0.25, -0.2) is 8.42 Å². The molecule has 14 heavy (non-hydrogen) atoms.